The van der Waals surface area contributed by atoms with Gasteiger partial charge in [0, 0.05) is 12.3 Å². The van der Waals surface area contributed by atoms with Crippen molar-refractivity contribution in [3.63, 3.8) is 0 Å². The highest BCUT2D eigenvalue weighted by Gasteiger charge is 2.44. The van der Waals surface area contributed by atoms with E-state index in [1.807, 2.05) is 4.98 Å². The fraction of sp³-hybridized carbons (Fsp3) is 0.556. The third kappa shape index (κ3) is 3.66. The summed E-state index contributed by atoms with van der Waals surface area (Å²) < 4.78 is 20.8. The van der Waals surface area contributed by atoms with Gasteiger partial charge in [-0.05, 0) is 0 Å². The molecule has 2 heterocycles. The molecule has 0 bridgehead atoms. The molecular formula is C9H13N2O9P. The van der Waals surface area contributed by atoms with Crippen LogP contribution in [0.3, 0.4) is 0 Å². The molecule has 1 saturated heterocycles. The Morgan fingerprint density at radius 2 is 2.00 bits per heavy atom. The molecular weight excluding hydrogens is 314 g/mol. The van der Waals surface area contributed by atoms with Crippen LogP contribution in [0.2, 0.25) is 0 Å². The van der Waals surface area contributed by atoms with E-state index in [2.05, 4.69) is 4.52 Å². The number of hydrogen-bond donors (Lipinski definition) is 5. The number of H-pyrrole nitrogens is 1. The van der Waals surface area contributed by atoms with Gasteiger partial charge in [-0.1, -0.05) is 0 Å². The zero-order valence-electron chi connectivity index (χ0n) is 10.4. The number of aliphatic hydroxyl groups is 2. The summed E-state index contributed by atoms with van der Waals surface area (Å²) in [5, 5.41) is 19.6. The van der Waals surface area contributed by atoms with Crippen LogP contribution in [-0.4, -0.2) is 54.5 Å². The number of hydrogen-bond acceptors (Lipinski definition) is 7. The lowest BCUT2D eigenvalue weighted by atomic mass is 10.1. The van der Waals surface area contributed by atoms with Crippen LogP contribution < -0.4 is 11.2 Å². The smallest absolute Gasteiger partial charge is 0.387 e. The third-order valence-corrected chi connectivity index (χ3v) is 3.35. The molecule has 1 fully saturated rings. The van der Waals surface area contributed by atoms with Crippen LogP contribution in [0.15, 0.2) is 21.9 Å². The van der Waals surface area contributed by atoms with E-state index < -0.39 is 50.2 Å². The average Bonchev–Trinajstić information content (AvgIpc) is 2.64. The lowest BCUT2D eigenvalue weighted by Crippen LogP contribution is -2.37. The van der Waals surface area contributed by atoms with E-state index in [0.29, 0.717) is 0 Å². The summed E-state index contributed by atoms with van der Waals surface area (Å²) in [6.45, 7) is -0.683. The minimum absolute atomic E-state index is 0.648. The predicted octanol–water partition coefficient (Wildman–Crippen LogP) is -2.73. The Labute approximate surface area is 116 Å². The Bertz CT molecular complexity index is 664. The Kier molecular flexibility index (Phi) is 4.44. The highest BCUT2D eigenvalue weighted by atomic mass is 31.2. The van der Waals surface area contributed by atoms with Gasteiger partial charge in [-0.25, -0.2) is 9.36 Å². The highest BCUT2D eigenvalue weighted by Crippen LogP contribution is 2.38. The number of phosphoric ester groups is 1. The molecule has 12 heteroatoms. The lowest BCUT2D eigenvalue weighted by Gasteiger charge is -2.16. The molecule has 11 nitrogen and oxygen atoms in total. The number of aliphatic hydroxyl groups excluding tert-OH is 2. The van der Waals surface area contributed by atoms with Crippen LogP contribution in [0.5, 0.6) is 0 Å². The van der Waals surface area contributed by atoms with E-state index in [1.165, 1.54) is 0 Å². The van der Waals surface area contributed by atoms with Crippen LogP contribution in [0.1, 0.15) is 6.23 Å². The lowest BCUT2D eigenvalue weighted by molar-refractivity contribution is -0.0543. The van der Waals surface area contributed by atoms with Crippen LogP contribution in [-0.2, 0) is 13.8 Å². The molecule has 5 N–H and O–H groups in total. The molecule has 0 amide bonds. The van der Waals surface area contributed by atoms with Gasteiger partial charge < -0.3 is 24.7 Å². The minimum atomic E-state index is -4.76. The van der Waals surface area contributed by atoms with Crippen LogP contribution >= 0.6 is 7.82 Å². The van der Waals surface area contributed by atoms with Crippen molar-refractivity contribution in [3.8, 4) is 0 Å². The molecule has 0 spiro atoms. The molecule has 0 saturated carbocycles. The summed E-state index contributed by atoms with van der Waals surface area (Å²) in [5.41, 5.74) is -1.51. The number of nitrogens with zero attached hydrogens (tertiary/aromatic N) is 1. The van der Waals surface area contributed by atoms with E-state index >= 15 is 0 Å². The van der Waals surface area contributed by atoms with E-state index in [1.54, 1.807) is 0 Å². The Morgan fingerprint density at radius 3 is 2.57 bits per heavy atom. The largest absolute Gasteiger partial charge is 0.469 e. The van der Waals surface area contributed by atoms with Gasteiger partial charge in [0.1, 0.15) is 18.3 Å². The van der Waals surface area contributed by atoms with Gasteiger partial charge in [0.2, 0.25) is 0 Å². The van der Waals surface area contributed by atoms with Crippen molar-refractivity contribution in [1.82, 2.24) is 9.55 Å². The molecule has 0 unspecified atom stereocenters. The fourth-order valence-electron chi connectivity index (χ4n) is 1.89. The Balaban J connectivity index is 2.18. The zero-order valence-corrected chi connectivity index (χ0v) is 11.3. The molecule has 4 atom stereocenters. The number of aromatic nitrogens is 2. The van der Waals surface area contributed by atoms with Gasteiger partial charge in [-0.2, -0.15) is 0 Å². The summed E-state index contributed by atoms with van der Waals surface area (Å²) in [6, 6.07) is 1.02. The summed E-state index contributed by atoms with van der Waals surface area (Å²) in [6.07, 6.45) is -4.58. The van der Waals surface area contributed by atoms with Crippen LogP contribution in [0.4, 0.5) is 0 Å². The SMILES string of the molecule is O=c1cc[15n]([C@@H]2O[C@H](COP(=O)(O)O)[C@@H](O)[C@@H]2O)[13c](=O)[15nH]1. The molecule has 1 aliphatic heterocycles. The van der Waals surface area contributed by atoms with Crippen LogP contribution in [0.25, 0.3) is 0 Å². The molecule has 21 heavy (non-hydrogen) atoms. The summed E-state index contributed by atoms with van der Waals surface area (Å²) in [4.78, 5) is 41.6. The topological polar surface area (TPSA) is 171 Å². The Hall–Kier alpha value is -1.33. The standard InChI is InChI=1S/C9H13N2O9P/c12-5-1-2-11(9(15)10-5)8-7(14)6(13)4(20-8)3-19-21(16,17)18/h1-2,4,6-8,13-14H,3H2,(H,10,12,15)(H2,16,17,18)/t4-,6-,7+,8-/m1/s1/i9+1,10+1,11+1. The first kappa shape index (κ1) is 16.0. The average molecular weight is 327 g/mol. The number of rotatable bonds is 4. The number of phosphoric acid groups is 1. The van der Waals surface area contributed by atoms with Gasteiger partial charge in [0.25, 0.3) is 5.56 Å². The minimum Gasteiger partial charge on any atom is -0.387 e. The maximum atomic E-state index is 11.6. The first-order valence-electron chi connectivity index (χ1n) is 5.72. The summed E-state index contributed by atoms with van der Waals surface area (Å²) in [7, 11) is -4.76. The normalized spacial score (nSPS) is 29.7. The molecule has 1 aromatic heterocycles. The van der Waals surface area contributed by atoms with Gasteiger partial charge in [-0.3, -0.25) is 18.9 Å². The van der Waals surface area contributed by atoms with Crippen molar-refractivity contribution in [3.05, 3.63) is 33.1 Å². The molecule has 1 aliphatic rings. The maximum absolute atomic E-state index is 11.6. The van der Waals surface area contributed by atoms with Crippen molar-refractivity contribution >= 4 is 7.82 Å². The third-order valence-electron chi connectivity index (χ3n) is 2.87. The highest BCUT2D eigenvalue weighted by molar-refractivity contribution is 7.46. The van der Waals surface area contributed by atoms with E-state index in [0.717, 1.165) is 16.8 Å². The molecule has 1 aromatic rings. The van der Waals surface area contributed by atoms with Crippen molar-refractivity contribution in [2.45, 2.75) is 24.5 Å². The van der Waals surface area contributed by atoms with Crippen molar-refractivity contribution < 1.29 is 33.8 Å². The van der Waals surface area contributed by atoms with E-state index in [4.69, 9.17) is 14.5 Å². The first-order valence-corrected chi connectivity index (χ1v) is 7.25. The molecule has 0 radical (unpaired) electrons. The number of ether oxygens (including phenoxy) is 1. The van der Waals surface area contributed by atoms with Gasteiger partial charge in [0.05, 0.1) is 6.61 Å². The summed E-state index contributed by atoms with van der Waals surface area (Å²) in [5.74, 6) is 0. The second-order valence-electron chi connectivity index (χ2n) is 4.35. The maximum Gasteiger partial charge on any atom is 0.469 e. The van der Waals surface area contributed by atoms with Crippen molar-refractivity contribution in [1.29, 1.82) is 0 Å². The van der Waals surface area contributed by atoms with Gasteiger partial charge in [-0.15, -0.1) is 0 Å². The zero-order chi connectivity index (χ0) is 15.8. The monoisotopic (exact) mass is 327 g/mol. The molecule has 2 rings (SSSR count). The van der Waals surface area contributed by atoms with Crippen LogP contribution in [0, 0.1) is 0 Å². The van der Waals surface area contributed by atoms with Gasteiger partial charge >= 0.3 is 13.5 Å². The quantitative estimate of drug-likeness (QED) is 0.368. The molecule has 118 valence electrons. The first-order chi connectivity index (χ1) is 9.69. The molecule has 0 aromatic carbocycles. The molecule has 0 aliphatic carbocycles. The van der Waals surface area contributed by atoms with Gasteiger partial charge in [0.15, 0.2) is 6.23 Å². The predicted molar refractivity (Wildman–Crippen MR) is 65.2 cm³/mol. The summed E-state index contributed by atoms with van der Waals surface area (Å²) >= 11 is 0. The number of nitrogens with one attached hydrogen (secondary N) is 1. The number of aromatic amines is 1. The second kappa shape index (κ2) is 5.81. The van der Waals surface area contributed by atoms with E-state index in [-0.39, 0.29) is 0 Å². The fourth-order valence-corrected chi connectivity index (χ4v) is 2.24. The second-order valence-corrected chi connectivity index (χ2v) is 5.59. The van der Waals surface area contributed by atoms with E-state index in [9.17, 15) is 24.4 Å². The Morgan fingerprint density at radius 1 is 1.33 bits per heavy atom. The van der Waals surface area contributed by atoms with Crippen molar-refractivity contribution in [2.75, 3.05) is 6.61 Å². The van der Waals surface area contributed by atoms with Crippen molar-refractivity contribution in [2.24, 2.45) is 0 Å².